The monoisotopic (exact) mass is 269 g/mol. The fourth-order valence-corrected chi connectivity index (χ4v) is 2.53. The van der Waals surface area contributed by atoms with Crippen molar-refractivity contribution < 1.29 is 4.79 Å². The van der Waals surface area contributed by atoms with E-state index < -0.39 is 0 Å². The van der Waals surface area contributed by atoms with Crippen LogP contribution in [-0.4, -0.2) is 29.9 Å². The molecule has 2 heterocycles. The SMILES string of the molecule is Cc1ccc(/C=C2\N=C(N3CCCCC3)NC2=O)cc1. The van der Waals surface area contributed by atoms with Gasteiger partial charge in [-0.15, -0.1) is 0 Å². The number of hydrogen-bond donors (Lipinski definition) is 1. The molecular weight excluding hydrogens is 250 g/mol. The standard InChI is InChI=1S/C16H19N3O/c1-12-5-7-13(8-6-12)11-14-15(20)18-16(17-14)19-9-3-2-4-10-19/h5-8,11H,2-4,9-10H2,1H3,(H,17,18,20)/b14-11-. The lowest BCUT2D eigenvalue weighted by Crippen LogP contribution is -2.43. The van der Waals surface area contributed by atoms with Gasteiger partial charge in [-0.3, -0.25) is 10.1 Å². The van der Waals surface area contributed by atoms with Crippen LogP contribution >= 0.6 is 0 Å². The second-order valence-electron chi connectivity index (χ2n) is 5.38. The minimum absolute atomic E-state index is 0.105. The number of aliphatic imine (C=N–C) groups is 1. The minimum Gasteiger partial charge on any atom is -0.342 e. The van der Waals surface area contributed by atoms with Gasteiger partial charge in [-0.2, -0.15) is 0 Å². The number of likely N-dealkylation sites (tertiary alicyclic amines) is 1. The van der Waals surface area contributed by atoms with E-state index in [2.05, 4.69) is 15.2 Å². The molecule has 1 amide bonds. The molecule has 1 aromatic rings. The number of hydrogen-bond acceptors (Lipinski definition) is 3. The average molecular weight is 269 g/mol. The largest absolute Gasteiger partial charge is 0.342 e. The van der Waals surface area contributed by atoms with Gasteiger partial charge in [0, 0.05) is 13.1 Å². The third-order valence-corrected chi connectivity index (χ3v) is 3.72. The molecule has 0 radical (unpaired) electrons. The minimum atomic E-state index is -0.105. The first-order valence-corrected chi connectivity index (χ1v) is 7.16. The van der Waals surface area contributed by atoms with Gasteiger partial charge in [-0.05, 0) is 37.8 Å². The molecule has 1 fully saturated rings. The van der Waals surface area contributed by atoms with Gasteiger partial charge >= 0.3 is 0 Å². The summed E-state index contributed by atoms with van der Waals surface area (Å²) in [5.41, 5.74) is 2.71. The second kappa shape index (κ2) is 5.49. The fraction of sp³-hybridized carbons (Fsp3) is 0.375. The van der Waals surface area contributed by atoms with Crippen molar-refractivity contribution in [2.24, 2.45) is 4.99 Å². The summed E-state index contributed by atoms with van der Waals surface area (Å²) < 4.78 is 0. The Morgan fingerprint density at radius 3 is 2.55 bits per heavy atom. The molecule has 1 N–H and O–H groups in total. The van der Waals surface area contributed by atoms with Gasteiger partial charge in [0.25, 0.3) is 5.91 Å². The predicted octanol–water partition coefficient (Wildman–Crippen LogP) is 2.31. The molecule has 2 aliphatic heterocycles. The Balaban J connectivity index is 1.80. The van der Waals surface area contributed by atoms with Gasteiger partial charge in [0.1, 0.15) is 5.70 Å². The van der Waals surface area contributed by atoms with Gasteiger partial charge in [-0.25, -0.2) is 4.99 Å². The summed E-state index contributed by atoms with van der Waals surface area (Å²) >= 11 is 0. The summed E-state index contributed by atoms with van der Waals surface area (Å²) in [4.78, 5) is 18.6. The molecule has 0 bridgehead atoms. The van der Waals surface area contributed by atoms with Gasteiger partial charge in [-0.1, -0.05) is 29.8 Å². The molecule has 104 valence electrons. The molecule has 0 unspecified atom stereocenters. The molecule has 20 heavy (non-hydrogen) atoms. The third kappa shape index (κ3) is 2.74. The molecule has 4 heteroatoms. The average Bonchev–Trinajstić information content (AvgIpc) is 2.84. The number of carbonyl (C=O) groups excluding carboxylic acids is 1. The number of amides is 1. The van der Waals surface area contributed by atoms with Gasteiger partial charge in [0.15, 0.2) is 0 Å². The van der Waals surface area contributed by atoms with E-state index in [0.717, 1.165) is 18.7 Å². The van der Waals surface area contributed by atoms with Crippen LogP contribution in [0.3, 0.4) is 0 Å². The molecule has 0 aromatic heterocycles. The quantitative estimate of drug-likeness (QED) is 0.795. The van der Waals surface area contributed by atoms with E-state index in [4.69, 9.17) is 0 Å². The number of aryl methyl sites for hydroxylation is 1. The smallest absolute Gasteiger partial charge is 0.276 e. The Morgan fingerprint density at radius 2 is 1.85 bits per heavy atom. The van der Waals surface area contributed by atoms with E-state index in [1.807, 2.05) is 37.3 Å². The maximum atomic E-state index is 12.0. The molecular formula is C16H19N3O. The second-order valence-corrected chi connectivity index (χ2v) is 5.38. The molecule has 4 nitrogen and oxygen atoms in total. The van der Waals surface area contributed by atoms with E-state index in [-0.39, 0.29) is 5.91 Å². The lowest BCUT2D eigenvalue weighted by atomic mass is 10.1. The zero-order valence-electron chi connectivity index (χ0n) is 11.7. The molecule has 3 rings (SSSR count). The molecule has 0 saturated carbocycles. The highest BCUT2D eigenvalue weighted by molar-refractivity contribution is 6.13. The van der Waals surface area contributed by atoms with Crippen LogP contribution < -0.4 is 5.32 Å². The summed E-state index contributed by atoms with van der Waals surface area (Å²) in [5.74, 6) is 0.610. The Bertz CT molecular complexity index is 566. The number of nitrogens with one attached hydrogen (secondary N) is 1. The number of carbonyl (C=O) groups is 1. The number of nitrogens with zero attached hydrogens (tertiary/aromatic N) is 2. The summed E-state index contributed by atoms with van der Waals surface area (Å²) in [6.07, 6.45) is 5.45. The van der Waals surface area contributed by atoms with Crippen LogP contribution in [0.15, 0.2) is 35.0 Å². The zero-order valence-corrected chi connectivity index (χ0v) is 11.7. The van der Waals surface area contributed by atoms with Crippen LogP contribution in [0.25, 0.3) is 6.08 Å². The zero-order chi connectivity index (χ0) is 13.9. The summed E-state index contributed by atoms with van der Waals surface area (Å²) in [6, 6.07) is 8.08. The van der Waals surface area contributed by atoms with E-state index in [1.54, 1.807) is 0 Å². The van der Waals surface area contributed by atoms with Crippen LogP contribution in [0, 0.1) is 6.92 Å². The van der Waals surface area contributed by atoms with Crippen LogP contribution in [0.1, 0.15) is 30.4 Å². The summed E-state index contributed by atoms with van der Waals surface area (Å²) in [7, 11) is 0. The first-order valence-electron chi connectivity index (χ1n) is 7.16. The summed E-state index contributed by atoms with van der Waals surface area (Å²) in [5, 5.41) is 2.87. The van der Waals surface area contributed by atoms with Crippen LogP contribution in [0.2, 0.25) is 0 Å². The predicted molar refractivity (Wildman–Crippen MR) is 80.2 cm³/mol. The van der Waals surface area contributed by atoms with Crippen LogP contribution in [0.4, 0.5) is 0 Å². The third-order valence-electron chi connectivity index (χ3n) is 3.72. The highest BCUT2D eigenvalue weighted by Crippen LogP contribution is 2.16. The van der Waals surface area contributed by atoms with Crippen molar-refractivity contribution in [3.63, 3.8) is 0 Å². The fourth-order valence-electron chi connectivity index (χ4n) is 2.53. The van der Waals surface area contributed by atoms with Crippen LogP contribution in [-0.2, 0) is 4.79 Å². The Hall–Kier alpha value is -2.10. The Kier molecular flexibility index (Phi) is 3.54. The molecule has 0 atom stereocenters. The molecule has 0 aliphatic carbocycles. The number of guanidine groups is 1. The van der Waals surface area contributed by atoms with Crippen molar-refractivity contribution in [2.45, 2.75) is 26.2 Å². The molecule has 2 aliphatic rings. The molecule has 1 aromatic carbocycles. The normalized spacial score (nSPS) is 21.1. The van der Waals surface area contributed by atoms with Crippen molar-refractivity contribution in [1.82, 2.24) is 10.2 Å². The Morgan fingerprint density at radius 1 is 1.15 bits per heavy atom. The Labute approximate surface area is 119 Å². The van der Waals surface area contributed by atoms with Gasteiger partial charge in [0.2, 0.25) is 5.96 Å². The maximum Gasteiger partial charge on any atom is 0.276 e. The summed E-state index contributed by atoms with van der Waals surface area (Å²) in [6.45, 7) is 4.01. The van der Waals surface area contributed by atoms with E-state index in [0.29, 0.717) is 11.7 Å². The maximum absolute atomic E-state index is 12.0. The van der Waals surface area contributed by atoms with Crippen molar-refractivity contribution >= 4 is 17.9 Å². The topological polar surface area (TPSA) is 44.7 Å². The van der Waals surface area contributed by atoms with Crippen LogP contribution in [0.5, 0.6) is 0 Å². The van der Waals surface area contributed by atoms with Crippen molar-refractivity contribution in [3.05, 3.63) is 41.1 Å². The van der Waals surface area contributed by atoms with Gasteiger partial charge < -0.3 is 4.90 Å². The lowest BCUT2D eigenvalue weighted by Gasteiger charge is -2.27. The first-order chi connectivity index (χ1) is 9.72. The number of piperidine rings is 1. The van der Waals surface area contributed by atoms with Crippen molar-refractivity contribution in [3.8, 4) is 0 Å². The van der Waals surface area contributed by atoms with E-state index >= 15 is 0 Å². The molecule has 0 spiro atoms. The highest BCUT2D eigenvalue weighted by Gasteiger charge is 2.25. The highest BCUT2D eigenvalue weighted by atomic mass is 16.2. The van der Waals surface area contributed by atoms with E-state index in [1.165, 1.54) is 24.8 Å². The number of rotatable bonds is 1. The van der Waals surface area contributed by atoms with Crippen molar-refractivity contribution in [2.75, 3.05) is 13.1 Å². The van der Waals surface area contributed by atoms with Crippen molar-refractivity contribution in [1.29, 1.82) is 0 Å². The lowest BCUT2D eigenvalue weighted by molar-refractivity contribution is -0.115. The van der Waals surface area contributed by atoms with Gasteiger partial charge in [0.05, 0.1) is 0 Å². The molecule has 1 saturated heterocycles. The van der Waals surface area contributed by atoms with E-state index in [9.17, 15) is 4.79 Å². The number of benzene rings is 1. The first kappa shape index (κ1) is 12.9.